The second kappa shape index (κ2) is 3.65. The molecule has 2 rings (SSSR count). The molecule has 2 nitrogen and oxygen atoms in total. The van der Waals surface area contributed by atoms with Crippen molar-refractivity contribution in [3.05, 3.63) is 47.9 Å². The molecule has 15 heavy (non-hydrogen) atoms. The fraction of sp³-hybridized carbons (Fsp3) is 0. The Balaban J connectivity index is 2.59. The van der Waals surface area contributed by atoms with E-state index in [2.05, 4.69) is 0 Å². The molecule has 0 atom stereocenters. The third-order valence-corrected chi connectivity index (χ3v) is 2.02. The maximum absolute atomic E-state index is 13.3. The van der Waals surface area contributed by atoms with Crippen molar-refractivity contribution in [1.82, 2.24) is 0 Å². The molecule has 76 valence electrons. The summed E-state index contributed by atoms with van der Waals surface area (Å²) in [5, 5.41) is 0. The molecule has 1 heterocycles. The molecule has 0 saturated carbocycles. The van der Waals surface area contributed by atoms with Crippen molar-refractivity contribution in [1.29, 1.82) is 0 Å². The van der Waals surface area contributed by atoms with Crippen LogP contribution in [-0.4, -0.2) is 6.29 Å². The van der Waals surface area contributed by atoms with Crippen LogP contribution in [0.25, 0.3) is 11.1 Å². The monoisotopic (exact) mass is 208 g/mol. The van der Waals surface area contributed by atoms with Crippen LogP contribution < -0.4 is 0 Å². The Morgan fingerprint density at radius 1 is 1.13 bits per heavy atom. The summed E-state index contributed by atoms with van der Waals surface area (Å²) in [5.74, 6) is -1.35. The van der Waals surface area contributed by atoms with E-state index in [0.717, 1.165) is 12.1 Å². The zero-order chi connectivity index (χ0) is 10.8. The maximum Gasteiger partial charge on any atom is 0.185 e. The Labute approximate surface area is 84.1 Å². The SMILES string of the molecule is O=Cc1occc1-c1ccc(F)cc1F. The third kappa shape index (κ3) is 1.66. The largest absolute Gasteiger partial charge is 0.461 e. The molecule has 0 saturated heterocycles. The minimum atomic E-state index is -0.723. The van der Waals surface area contributed by atoms with Crippen molar-refractivity contribution in [2.45, 2.75) is 0 Å². The minimum Gasteiger partial charge on any atom is -0.461 e. The normalized spacial score (nSPS) is 10.3. The van der Waals surface area contributed by atoms with Crippen LogP contribution >= 0.6 is 0 Å². The van der Waals surface area contributed by atoms with E-state index in [0.29, 0.717) is 11.8 Å². The second-order valence-corrected chi connectivity index (χ2v) is 2.94. The number of benzene rings is 1. The lowest BCUT2D eigenvalue weighted by Gasteiger charge is -2.00. The van der Waals surface area contributed by atoms with Gasteiger partial charge in [0.25, 0.3) is 0 Å². The molecule has 0 spiro atoms. The van der Waals surface area contributed by atoms with Crippen LogP contribution in [-0.2, 0) is 0 Å². The van der Waals surface area contributed by atoms with E-state index >= 15 is 0 Å². The van der Waals surface area contributed by atoms with Crippen LogP contribution in [0.15, 0.2) is 34.9 Å². The summed E-state index contributed by atoms with van der Waals surface area (Å²) in [7, 11) is 0. The van der Waals surface area contributed by atoms with Gasteiger partial charge in [-0.1, -0.05) is 0 Å². The first-order chi connectivity index (χ1) is 7.22. The lowest BCUT2D eigenvalue weighted by atomic mass is 10.1. The molecule has 1 aromatic heterocycles. The number of hydrogen-bond acceptors (Lipinski definition) is 2. The molecule has 0 aliphatic rings. The Hall–Kier alpha value is -1.97. The third-order valence-electron chi connectivity index (χ3n) is 2.02. The van der Waals surface area contributed by atoms with Gasteiger partial charge in [0.1, 0.15) is 11.6 Å². The maximum atomic E-state index is 13.3. The van der Waals surface area contributed by atoms with Crippen LogP contribution in [0.2, 0.25) is 0 Å². The predicted octanol–water partition coefficient (Wildman–Crippen LogP) is 3.04. The van der Waals surface area contributed by atoms with Gasteiger partial charge < -0.3 is 4.42 Å². The molecule has 0 N–H and O–H groups in total. The smallest absolute Gasteiger partial charge is 0.185 e. The molecule has 0 aliphatic carbocycles. The molecule has 0 bridgehead atoms. The van der Waals surface area contributed by atoms with Crippen molar-refractivity contribution < 1.29 is 18.0 Å². The van der Waals surface area contributed by atoms with Crippen LogP contribution in [0.3, 0.4) is 0 Å². The van der Waals surface area contributed by atoms with Crippen molar-refractivity contribution in [2.24, 2.45) is 0 Å². The number of rotatable bonds is 2. The summed E-state index contributed by atoms with van der Waals surface area (Å²) in [4.78, 5) is 10.5. The Morgan fingerprint density at radius 2 is 1.93 bits per heavy atom. The first kappa shape index (κ1) is 9.58. The summed E-state index contributed by atoms with van der Waals surface area (Å²) in [6.45, 7) is 0. The van der Waals surface area contributed by atoms with Crippen molar-refractivity contribution in [2.75, 3.05) is 0 Å². The van der Waals surface area contributed by atoms with E-state index in [1.807, 2.05) is 0 Å². The highest BCUT2D eigenvalue weighted by molar-refractivity contribution is 5.84. The molecule has 0 unspecified atom stereocenters. The number of furan rings is 1. The minimum absolute atomic E-state index is 0.0282. The molecule has 1 aromatic carbocycles. The zero-order valence-corrected chi connectivity index (χ0v) is 7.54. The molecular formula is C11H6F2O2. The fourth-order valence-corrected chi connectivity index (χ4v) is 1.34. The average molecular weight is 208 g/mol. The molecule has 0 fully saturated rings. The quantitative estimate of drug-likeness (QED) is 0.710. The number of halogens is 2. The lowest BCUT2D eigenvalue weighted by Crippen LogP contribution is -1.87. The van der Waals surface area contributed by atoms with Gasteiger partial charge in [0, 0.05) is 17.2 Å². The zero-order valence-electron chi connectivity index (χ0n) is 7.54. The number of carbonyl (C=O) groups excluding carboxylic acids is 1. The number of carbonyl (C=O) groups is 1. The van der Waals surface area contributed by atoms with Crippen LogP contribution in [0, 0.1) is 11.6 Å². The molecule has 0 radical (unpaired) electrons. The van der Waals surface area contributed by atoms with E-state index in [1.165, 1.54) is 18.4 Å². The second-order valence-electron chi connectivity index (χ2n) is 2.94. The standard InChI is InChI=1S/C11H6F2O2/c12-7-1-2-8(10(13)5-7)9-3-4-15-11(9)6-14/h1-6H. The van der Waals surface area contributed by atoms with Gasteiger partial charge >= 0.3 is 0 Å². The van der Waals surface area contributed by atoms with Gasteiger partial charge in [0.2, 0.25) is 0 Å². The highest BCUT2D eigenvalue weighted by atomic mass is 19.1. The molecule has 0 aliphatic heterocycles. The van der Waals surface area contributed by atoms with E-state index in [4.69, 9.17) is 4.42 Å². The summed E-state index contributed by atoms with van der Waals surface area (Å²) >= 11 is 0. The first-order valence-corrected chi connectivity index (χ1v) is 4.20. The number of aldehydes is 1. The van der Waals surface area contributed by atoms with Crippen LogP contribution in [0.4, 0.5) is 8.78 Å². The van der Waals surface area contributed by atoms with Gasteiger partial charge in [-0.25, -0.2) is 8.78 Å². The summed E-state index contributed by atoms with van der Waals surface area (Å²) < 4.78 is 30.8. The number of hydrogen-bond donors (Lipinski definition) is 0. The Morgan fingerprint density at radius 3 is 2.60 bits per heavy atom. The molecular weight excluding hydrogens is 202 g/mol. The fourth-order valence-electron chi connectivity index (χ4n) is 1.34. The van der Waals surface area contributed by atoms with E-state index < -0.39 is 11.6 Å². The Bertz CT molecular complexity index is 503. The highest BCUT2D eigenvalue weighted by Crippen LogP contribution is 2.26. The Kier molecular flexibility index (Phi) is 2.33. The van der Waals surface area contributed by atoms with Gasteiger partial charge in [-0.15, -0.1) is 0 Å². The van der Waals surface area contributed by atoms with Gasteiger partial charge in [-0.3, -0.25) is 4.79 Å². The predicted molar refractivity (Wildman–Crippen MR) is 49.4 cm³/mol. The first-order valence-electron chi connectivity index (χ1n) is 4.20. The average Bonchev–Trinajstić information content (AvgIpc) is 2.65. The van der Waals surface area contributed by atoms with Crippen LogP contribution in [0.5, 0.6) is 0 Å². The summed E-state index contributed by atoms with van der Waals surface area (Å²) in [6, 6.07) is 4.61. The highest BCUT2D eigenvalue weighted by Gasteiger charge is 2.12. The van der Waals surface area contributed by atoms with Gasteiger partial charge in [0.15, 0.2) is 12.0 Å². The van der Waals surface area contributed by atoms with Crippen LogP contribution in [0.1, 0.15) is 10.6 Å². The van der Waals surface area contributed by atoms with Gasteiger partial charge in [-0.2, -0.15) is 0 Å². The molecule has 0 amide bonds. The van der Waals surface area contributed by atoms with Crippen molar-refractivity contribution in [3.63, 3.8) is 0 Å². The van der Waals surface area contributed by atoms with Crippen molar-refractivity contribution in [3.8, 4) is 11.1 Å². The lowest BCUT2D eigenvalue weighted by molar-refractivity contribution is 0.110. The van der Waals surface area contributed by atoms with Gasteiger partial charge in [-0.05, 0) is 18.2 Å². The van der Waals surface area contributed by atoms with E-state index in [9.17, 15) is 13.6 Å². The summed E-state index contributed by atoms with van der Waals surface area (Å²) in [5.41, 5.74) is 0.467. The van der Waals surface area contributed by atoms with Gasteiger partial charge in [0.05, 0.1) is 6.26 Å². The molecule has 2 aromatic rings. The topological polar surface area (TPSA) is 30.2 Å². The van der Waals surface area contributed by atoms with Crippen molar-refractivity contribution >= 4 is 6.29 Å². The summed E-state index contributed by atoms with van der Waals surface area (Å²) in [6.07, 6.45) is 1.76. The van der Waals surface area contributed by atoms with E-state index in [1.54, 1.807) is 0 Å². The van der Waals surface area contributed by atoms with E-state index in [-0.39, 0.29) is 11.3 Å². The molecule has 4 heteroatoms.